The second-order valence-corrected chi connectivity index (χ2v) is 7.12. The third-order valence-electron chi connectivity index (χ3n) is 4.19. The van der Waals surface area contributed by atoms with Crippen LogP contribution in [0.4, 0.5) is 0 Å². The lowest BCUT2D eigenvalue weighted by atomic mass is 10.1. The van der Waals surface area contributed by atoms with Crippen molar-refractivity contribution in [1.82, 2.24) is 15.0 Å². The Morgan fingerprint density at radius 3 is 2.41 bits per heavy atom. The molecule has 0 spiro atoms. The predicted octanol–water partition coefficient (Wildman–Crippen LogP) is 5.23. The molecule has 0 radical (unpaired) electrons. The molecule has 0 unspecified atom stereocenters. The first kappa shape index (κ1) is 21.1. The van der Waals surface area contributed by atoms with Crippen molar-refractivity contribution in [3.63, 3.8) is 0 Å². The first-order chi connectivity index (χ1) is 14.2. The van der Waals surface area contributed by atoms with Crippen LogP contribution in [0.2, 0.25) is 0 Å². The summed E-state index contributed by atoms with van der Waals surface area (Å²) in [5.41, 5.74) is 5.33. The zero-order chi connectivity index (χ0) is 20.8. The Morgan fingerprint density at radius 1 is 0.897 bits per heavy atom. The van der Waals surface area contributed by atoms with Gasteiger partial charge in [-0.05, 0) is 23.8 Å². The van der Waals surface area contributed by atoms with E-state index in [2.05, 4.69) is 16.0 Å². The summed E-state index contributed by atoms with van der Waals surface area (Å²) in [4.78, 5) is 14.1. The van der Waals surface area contributed by atoms with E-state index in [0.717, 1.165) is 48.8 Å². The van der Waals surface area contributed by atoms with Crippen molar-refractivity contribution >= 4 is 32.6 Å². The van der Waals surface area contributed by atoms with Gasteiger partial charge in [-0.25, -0.2) is 9.97 Å². The highest BCUT2D eigenvalue weighted by Gasteiger charge is 2.14. The van der Waals surface area contributed by atoms with Gasteiger partial charge < -0.3 is 14.2 Å². The average Bonchev–Trinajstić information content (AvgIpc) is 3.18. The highest BCUT2D eigenvalue weighted by Crippen LogP contribution is 2.36. The van der Waals surface area contributed by atoms with Gasteiger partial charge in [0.1, 0.15) is 10.8 Å². The molecule has 0 saturated carbocycles. The van der Waals surface area contributed by atoms with Crippen LogP contribution in [0.5, 0.6) is 5.75 Å². The summed E-state index contributed by atoms with van der Waals surface area (Å²) in [5, 5.41) is 0.886. The maximum Gasteiger partial charge on any atom is 0.127 e. The minimum atomic E-state index is 0.416. The Balaban J connectivity index is 0.00000117. The van der Waals surface area contributed by atoms with E-state index in [1.54, 1.807) is 38.9 Å². The molecule has 4 rings (SSSR count). The molecule has 0 bridgehead atoms. The predicted molar refractivity (Wildman–Crippen MR) is 117 cm³/mol. The number of methoxy groups -OCH3 is 3. The van der Waals surface area contributed by atoms with Crippen LogP contribution in [0.15, 0.2) is 36.5 Å². The zero-order valence-electron chi connectivity index (χ0n) is 17.4. The number of aromatic nitrogens is 3. The fraction of sp³-hybridized carbons (Fsp3) is 0.318. The molecule has 0 fully saturated rings. The van der Waals surface area contributed by atoms with Crippen molar-refractivity contribution in [3.8, 4) is 16.3 Å². The number of hydrogen-bond donors (Lipinski definition) is 0. The second-order valence-electron chi connectivity index (χ2n) is 6.09. The van der Waals surface area contributed by atoms with Crippen LogP contribution in [0, 0.1) is 0 Å². The summed E-state index contributed by atoms with van der Waals surface area (Å²) in [6, 6.07) is 10.0. The number of hydrogen-bond acceptors (Lipinski definition) is 7. The number of thiazole rings is 1. The molecule has 0 atom stereocenters. The number of benzene rings is 2. The summed E-state index contributed by atoms with van der Waals surface area (Å²) in [6.45, 7) is 5.00. The summed E-state index contributed by atoms with van der Waals surface area (Å²) < 4.78 is 17.0. The summed E-state index contributed by atoms with van der Waals surface area (Å²) >= 11 is 1.62. The number of fused-ring (bicyclic) bond motifs is 2. The van der Waals surface area contributed by atoms with Gasteiger partial charge in [0.15, 0.2) is 0 Å². The average molecular weight is 412 g/mol. The summed E-state index contributed by atoms with van der Waals surface area (Å²) in [7, 11) is 4.98. The van der Waals surface area contributed by atoms with Gasteiger partial charge >= 0.3 is 0 Å². The van der Waals surface area contributed by atoms with Gasteiger partial charge in [0.05, 0.1) is 53.5 Å². The fourth-order valence-corrected chi connectivity index (χ4v) is 4.02. The van der Waals surface area contributed by atoms with E-state index < -0.39 is 0 Å². The first-order valence-corrected chi connectivity index (χ1v) is 10.2. The van der Waals surface area contributed by atoms with Crippen LogP contribution >= 0.6 is 11.3 Å². The summed E-state index contributed by atoms with van der Waals surface area (Å²) in [5.74, 6) is 0.723. The molecule has 0 saturated heterocycles. The van der Waals surface area contributed by atoms with E-state index in [1.165, 1.54) is 0 Å². The Kier molecular flexibility index (Phi) is 7.09. The molecule has 7 heteroatoms. The number of nitrogens with zero attached hydrogens (tertiary/aromatic N) is 3. The molecular formula is C22H25N3O3S. The highest BCUT2D eigenvalue weighted by molar-refractivity contribution is 7.21. The van der Waals surface area contributed by atoms with Gasteiger partial charge in [-0.1, -0.05) is 19.9 Å². The zero-order valence-corrected chi connectivity index (χ0v) is 18.2. The minimum Gasteiger partial charge on any atom is -0.497 e. The van der Waals surface area contributed by atoms with Crippen LogP contribution in [0.25, 0.3) is 31.8 Å². The van der Waals surface area contributed by atoms with Crippen LogP contribution in [-0.2, 0) is 22.7 Å². The molecule has 2 aromatic heterocycles. The quantitative estimate of drug-likeness (QED) is 0.433. The number of ether oxygens (including phenoxy) is 3. The van der Waals surface area contributed by atoms with Gasteiger partial charge in [0.2, 0.25) is 0 Å². The third kappa shape index (κ3) is 4.53. The highest BCUT2D eigenvalue weighted by atomic mass is 32.1. The molecule has 6 nitrogen and oxygen atoms in total. The number of rotatable bonds is 6. The Labute approximate surface area is 174 Å². The minimum absolute atomic E-state index is 0.416. The summed E-state index contributed by atoms with van der Waals surface area (Å²) in [6.07, 6.45) is 1.74. The van der Waals surface area contributed by atoms with Crippen molar-refractivity contribution in [2.24, 2.45) is 0 Å². The van der Waals surface area contributed by atoms with E-state index in [-0.39, 0.29) is 0 Å². The topological polar surface area (TPSA) is 66.4 Å². The van der Waals surface area contributed by atoms with Crippen molar-refractivity contribution in [1.29, 1.82) is 0 Å². The van der Waals surface area contributed by atoms with Crippen LogP contribution in [-0.4, -0.2) is 36.3 Å². The van der Waals surface area contributed by atoms with Crippen molar-refractivity contribution < 1.29 is 14.2 Å². The Morgan fingerprint density at radius 2 is 1.69 bits per heavy atom. The van der Waals surface area contributed by atoms with E-state index in [4.69, 9.17) is 19.2 Å². The maximum absolute atomic E-state index is 5.47. The SMILES string of the molecule is CC.COCc1ccc2nc(-c3cc(OC)cc4nc(COC)cnc34)sc2c1. The molecule has 152 valence electrons. The molecule has 0 amide bonds. The lowest BCUT2D eigenvalue weighted by Gasteiger charge is -2.08. The van der Waals surface area contributed by atoms with Crippen LogP contribution in [0.3, 0.4) is 0 Å². The molecule has 0 aliphatic carbocycles. The Hall–Kier alpha value is -2.61. The van der Waals surface area contributed by atoms with Crippen molar-refractivity contribution in [2.45, 2.75) is 27.1 Å². The van der Waals surface area contributed by atoms with Gasteiger partial charge in [0.25, 0.3) is 0 Å². The first-order valence-electron chi connectivity index (χ1n) is 9.43. The van der Waals surface area contributed by atoms with Crippen LogP contribution in [0.1, 0.15) is 25.1 Å². The molecule has 0 aliphatic rings. The van der Waals surface area contributed by atoms with E-state index in [0.29, 0.717) is 13.2 Å². The molecule has 0 N–H and O–H groups in total. The van der Waals surface area contributed by atoms with Gasteiger partial charge in [-0.2, -0.15) is 0 Å². The molecule has 4 aromatic rings. The standard InChI is InChI=1S/C20H19N3O3S.C2H6/c1-24-10-12-4-5-16-18(6-12)27-20(23-16)15-7-14(26-3)8-17-19(15)21-9-13(22-17)11-25-2;1-2/h4-9H,10-11H2,1-3H3;1-2H3. The van der Waals surface area contributed by atoms with E-state index >= 15 is 0 Å². The van der Waals surface area contributed by atoms with Crippen molar-refractivity contribution in [3.05, 3.63) is 47.8 Å². The third-order valence-corrected chi connectivity index (χ3v) is 5.24. The van der Waals surface area contributed by atoms with Gasteiger partial charge in [0, 0.05) is 25.8 Å². The lowest BCUT2D eigenvalue weighted by molar-refractivity contribution is 0.181. The van der Waals surface area contributed by atoms with Gasteiger partial charge in [-0.3, -0.25) is 4.98 Å². The second kappa shape index (κ2) is 9.73. The van der Waals surface area contributed by atoms with Crippen LogP contribution < -0.4 is 4.74 Å². The monoisotopic (exact) mass is 411 g/mol. The van der Waals surface area contributed by atoms with E-state index in [9.17, 15) is 0 Å². The lowest BCUT2D eigenvalue weighted by Crippen LogP contribution is -1.97. The van der Waals surface area contributed by atoms with Gasteiger partial charge in [-0.15, -0.1) is 11.3 Å². The smallest absolute Gasteiger partial charge is 0.127 e. The molecule has 2 aromatic carbocycles. The molecule has 29 heavy (non-hydrogen) atoms. The largest absolute Gasteiger partial charge is 0.497 e. The van der Waals surface area contributed by atoms with E-state index in [1.807, 2.05) is 38.1 Å². The normalized spacial score (nSPS) is 10.8. The Bertz CT molecular complexity index is 1110. The van der Waals surface area contributed by atoms with Crippen molar-refractivity contribution in [2.75, 3.05) is 21.3 Å². The maximum atomic E-state index is 5.47. The fourth-order valence-electron chi connectivity index (χ4n) is 2.98. The molecule has 0 aliphatic heterocycles. The molecular weight excluding hydrogens is 386 g/mol. The molecule has 2 heterocycles.